The van der Waals surface area contributed by atoms with E-state index in [0.717, 1.165) is 37.0 Å². The molecular weight excluding hydrogens is 495 g/mol. The summed E-state index contributed by atoms with van der Waals surface area (Å²) in [7, 11) is 0. The number of rotatable bonds is 8. The van der Waals surface area contributed by atoms with E-state index in [1.54, 1.807) is 0 Å². The molecule has 0 spiro atoms. The number of morpholine rings is 1. The quantitative estimate of drug-likeness (QED) is 0.535. The van der Waals surface area contributed by atoms with Gasteiger partial charge >= 0.3 is 0 Å². The van der Waals surface area contributed by atoms with E-state index in [2.05, 4.69) is 17.2 Å². The van der Waals surface area contributed by atoms with Gasteiger partial charge in [0.15, 0.2) is 5.13 Å². The molecule has 4 rings (SSSR count). The average Bonchev–Trinajstić information content (AvgIpc) is 3.32. The first-order valence-electron chi connectivity index (χ1n) is 12.7. The molecule has 3 aliphatic rings. The fourth-order valence-corrected chi connectivity index (χ4v) is 6.23. The maximum Gasteiger partial charge on any atom is 0.265 e. The van der Waals surface area contributed by atoms with Crippen molar-refractivity contribution in [1.29, 1.82) is 0 Å². The van der Waals surface area contributed by atoms with Crippen LogP contribution in [0.4, 0.5) is 18.3 Å². The van der Waals surface area contributed by atoms with Crippen LogP contribution in [-0.2, 0) is 14.3 Å². The molecule has 3 N–H and O–H groups in total. The first-order chi connectivity index (χ1) is 17.1. The molecule has 1 aromatic heterocycles. The second-order valence-electron chi connectivity index (χ2n) is 10.4. The number of nitrogens with one attached hydrogen (secondary N) is 1. The summed E-state index contributed by atoms with van der Waals surface area (Å²) >= 11 is 1.16. The van der Waals surface area contributed by atoms with Crippen molar-refractivity contribution in [1.82, 2.24) is 14.8 Å². The second kappa shape index (κ2) is 11.7. The summed E-state index contributed by atoms with van der Waals surface area (Å²) in [5.74, 6) is -2.89. The summed E-state index contributed by atoms with van der Waals surface area (Å²) < 4.78 is 47.2. The predicted octanol–water partition coefficient (Wildman–Crippen LogP) is 3.20. The first kappa shape index (κ1) is 27.3. The molecule has 1 aliphatic carbocycles. The number of anilines is 1. The maximum atomic E-state index is 14.3. The van der Waals surface area contributed by atoms with Gasteiger partial charge in [0, 0.05) is 38.7 Å². The zero-order chi connectivity index (χ0) is 25.9. The zero-order valence-corrected chi connectivity index (χ0v) is 21.5. The van der Waals surface area contributed by atoms with Gasteiger partial charge in [-0.25, -0.2) is 18.2 Å². The van der Waals surface area contributed by atoms with Crippen molar-refractivity contribution < 1.29 is 27.5 Å². The van der Waals surface area contributed by atoms with Gasteiger partial charge < -0.3 is 20.7 Å². The van der Waals surface area contributed by atoms with Crippen molar-refractivity contribution in [2.24, 2.45) is 17.6 Å². The number of nitrogens with two attached hydrogens (primary N) is 1. The normalized spacial score (nSPS) is 29.1. The summed E-state index contributed by atoms with van der Waals surface area (Å²) in [6.45, 7) is 2.26. The van der Waals surface area contributed by atoms with Crippen LogP contribution < -0.4 is 11.1 Å². The predicted molar refractivity (Wildman–Crippen MR) is 131 cm³/mol. The van der Waals surface area contributed by atoms with Crippen LogP contribution >= 0.6 is 11.3 Å². The van der Waals surface area contributed by atoms with Gasteiger partial charge in [0.25, 0.3) is 5.92 Å². The van der Waals surface area contributed by atoms with Crippen LogP contribution in [0, 0.1) is 11.8 Å². The van der Waals surface area contributed by atoms with Gasteiger partial charge in [-0.3, -0.25) is 14.5 Å². The van der Waals surface area contributed by atoms with E-state index in [9.17, 15) is 22.8 Å². The lowest BCUT2D eigenvalue weighted by molar-refractivity contribution is -0.152. The Morgan fingerprint density at radius 1 is 1.36 bits per heavy atom. The molecule has 1 aromatic rings. The van der Waals surface area contributed by atoms with E-state index in [1.807, 2.05) is 4.90 Å². The van der Waals surface area contributed by atoms with Crippen LogP contribution in [-0.4, -0.2) is 84.1 Å². The number of hydrogen-bond acceptors (Lipinski definition) is 7. The molecule has 3 heterocycles. The number of halogens is 3. The molecule has 0 radical (unpaired) electrons. The van der Waals surface area contributed by atoms with Crippen LogP contribution in [0.15, 0.2) is 6.20 Å². The van der Waals surface area contributed by atoms with Gasteiger partial charge in [0.1, 0.15) is 6.67 Å². The van der Waals surface area contributed by atoms with Gasteiger partial charge in [-0.15, -0.1) is 0 Å². The second-order valence-corrected chi connectivity index (χ2v) is 11.5. The average molecular weight is 532 g/mol. The number of thiazole rings is 1. The van der Waals surface area contributed by atoms with Gasteiger partial charge in [-0.2, -0.15) is 0 Å². The first-order valence-corrected chi connectivity index (χ1v) is 13.6. The Labute approximate surface area is 213 Å². The fraction of sp³-hybridized carbons (Fsp3) is 0.792. The number of alkyl halides is 3. The number of amides is 2. The van der Waals surface area contributed by atoms with Crippen molar-refractivity contribution in [2.75, 3.05) is 44.8 Å². The molecule has 36 heavy (non-hydrogen) atoms. The van der Waals surface area contributed by atoms with E-state index in [4.69, 9.17) is 10.5 Å². The van der Waals surface area contributed by atoms with E-state index in [-0.39, 0.29) is 30.7 Å². The molecule has 202 valence electrons. The number of carbonyl (C=O) groups excluding carboxylic acids is 2. The van der Waals surface area contributed by atoms with Gasteiger partial charge in [0.2, 0.25) is 11.8 Å². The topological polar surface area (TPSA) is 101 Å². The monoisotopic (exact) mass is 531 g/mol. The number of piperidine rings is 1. The third-order valence-electron chi connectivity index (χ3n) is 7.58. The molecule has 2 aliphatic heterocycles. The summed E-state index contributed by atoms with van der Waals surface area (Å²) in [4.78, 5) is 33.5. The Morgan fingerprint density at radius 3 is 2.83 bits per heavy atom. The third-order valence-corrected chi connectivity index (χ3v) is 8.60. The summed E-state index contributed by atoms with van der Waals surface area (Å²) in [5.41, 5.74) is 6.25. The zero-order valence-electron chi connectivity index (χ0n) is 20.6. The summed E-state index contributed by atoms with van der Waals surface area (Å²) in [6.07, 6.45) is 4.14. The molecule has 1 unspecified atom stereocenters. The number of aromatic nitrogens is 1. The van der Waals surface area contributed by atoms with E-state index in [1.165, 1.54) is 11.1 Å². The lowest BCUT2D eigenvalue weighted by Gasteiger charge is -2.41. The minimum absolute atomic E-state index is 0.117. The van der Waals surface area contributed by atoms with E-state index < -0.39 is 43.8 Å². The van der Waals surface area contributed by atoms with Crippen molar-refractivity contribution >= 4 is 28.3 Å². The molecular formula is C24H36F3N5O3S. The van der Waals surface area contributed by atoms with Crippen molar-refractivity contribution in [3.63, 3.8) is 0 Å². The van der Waals surface area contributed by atoms with Crippen LogP contribution in [0.25, 0.3) is 0 Å². The fourth-order valence-electron chi connectivity index (χ4n) is 5.31. The molecule has 1 saturated carbocycles. The molecule has 3 atom stereocenters. The number of hydrogen-bond donors (Lipinski definition) is 2. The van der Waals surface area contributed by atoms with Gasteiger partial charge in [0.05, 0.1) is 36.2 Å². The molecule has 12 heteroatoms. The van der Waals surface area contributed by atoms with Crippen LogP contribution in [0.1, 0.15) is 56.4 Å². The number of likely N-dealkylation sites (tertiary alicyclic amines) is 1. The molecule has 2 saturated heterocycles. The highest BCUT2D eigenvalue weighted by atomic mass is 32.1. The van der Waals surface area contributed by atoms with E-state index in [0.29, 0.717) is 35.6 Å². The molecule has 2 amide bonds. The van der Waals surface area contributed by atoms with E-state index >= 15 is 0 Å². The highest BCUT2D eigenvalue weighted by molar-refractivity contribution is 7.15. The SMILES string of the molecule is CC1CCC([C@H](N)C(=O)Nc2ncc(C(CN3CCO[C@H](CF)C3)N3CC(F)(F)CCC3=O)s2)CC1. The number of ether oxygens (including phenoxy) is 1. The minimum atomic E-state index is -2.98. The van der Waals surface area contributed by atoms with Crippen LogP contribution in [0.3, 0.4) is 0 Å². The standard InChI is InChI=1S/C24H36F3N5O3S/c1-15-2-4-16(5-3-15)21(28)22(34)30-23-29-11-19(36-23)18(13-31-8-9-35-17(10-25)12-31)32-14-24(26,27)7-6-20(32)33/h11,15-18,21H,2-10,12-14,28H2,1H3,(H,29,30,34)/t15?,16?,17-,18?,21+/m1/s1. The Kier molecular flexibility index (Phi) is 8.90. The Bertz CT molecular complexity index is 911. The summed E-state index contributed by atoms with van der Waals surface area (Å²) in [5, 5.41) is 3.10. The molecule has 8 nitrogen and oxygen atoms in total. The minimum Gasteiger partial charge on any atom is -0.373 e. The highest BCUT2D eigenvalue weighted by Crippen LogP contribution is 2.37. The number of nitrogens with zero attached hydrogens (tertiary/aromatic N) is 3. The lowest BCUT2D eigenvalue weighted by Crippen LogP contribution is -2.52. The van der Waals surface area contributed by atoms with Gasteiger partial charge in [-0.05, 0) is 24.7 Å². The number of carbonyl (C=O) groups is 2. The molecule has 0 bridgehead atoms. The lowest BCUT2D eigenvalue weighted by atomic mass is 9.79. The smallest absolute Gasteiger partial charge is 0.265 e. The Hall–Kier alpha value is -1.76. The Morgan fingerprint density at radius 2 is 2.11 bits per heavy atom. The molecule has 0 aromatic carbocycles. The maximum absolute atomic E-state index is 14.3. The highest BCUT2D eigenvalue weighted by Gasteiger charge is 2.43. The Balaban J connectivity index is 1.48. The molecule has 3 fully saturated rings. The van der Waals surface area contributed by atoms with Crippen molar-refractivity contribution in [3.05, 3.63) is 11.1 Å². The largest absolute Gasteiger partial charge is 0.373 e. The van der Waals surface area contributed by atoms with Crippen LogP contribution in [0.2, 0.25) is 0 Å². The third kappa shape index (κ3) is 6.76. The van der Waals surface area contributed by atoms with Gasteiger partial charge in [-0.1, -0.05) is 31.1 Å². The van der Waals surface area contributed by atoms with Crippen molar-refractivity contribution in [3.8, 4) is 0 Å². The van der Waals surface area contributed by atoms with Crippen molar-refractivity contribution in [2.45, 2.75) is 69.6 Å². The van der Waals surface area contributed by atoms with Crippen LogP contribution in [0.5, 0.6) is 0 Å². The summed E-state index contributed by atoms with van der Waals surface area (Å²) in [6, 6.07) is -1.34.